The Morgan fingerprint density at radius 2 is 2.11 bits per heavy atom. The Labute approximate surface area is 209 Å². The fraction of sp³-hybridized carbons (Fsp3) is 0.560. The quantitative estimate of drug-likeness (QED) is 0.153. The third kappa shape index (κ3) is 5.41. The molecule has 2 heterocycles. The number of ether oxygens (including phenoxy) is 1. The zero-order chi connectivity index (χ0) is 26.5. The zero-order valence-electron chi connectivity index (χ0n) is 20.6. The number of fused-ring (bicyclic) bond motifs is 1. The smallest absolute Gasteiger partial charge is 0.305 e. The van der Waals surface area contributed by atoms with Crippen LogP contribution in [0.1, 0.15) is 51.0 Å². The van der Waals surface area contributed by atoms with Crippen LogP contribution >= 0.6 is 0 Å². The molecule has 36 heavy (non-hydrogen) atoms. The Morgan fingerprint density at radius 1 is 1.36 bits per heavy atom. The minimum atomic E-state index is -2.05. The SMILES string of the molecule is COC(=O)CCCCN1C(=O)[C@](O)([C@H](C)/C=C/CC(=O)N2CCC[C@H]2CO)c2cc([N+](=O)[O-])ccc21. The van der Waals surface area contributed by atoms with Crippen molar-refractivity contribution in [1.29, 1.82) is 0 Å². The predicted molar refractivity (Wildman–Crippen MR) is 130 cm³/mol. The number of non-ortho nitro benzene ring substituents is 1. The molecule has 0 saturated carbocycles. The van der Waals surface area contributed by atoms with Gasteiger partial charge in [-0.15, -0.1) is 0 Å². The molecule has 2 aliphatic heterocycles. The molecule has 2 N–H and O–H groups in total. The molecule has 11 nitrogen and oxygen atoms in total. The maximum absolute atomic E-state index is 13.5. The minimum absolute atomic E-state index is 0.0458. The van der Waals surface area contributed by atoms with Crippen LogP contribution in [0.5, 0.6) is 0 Å². The molecule has 2 amide bonds. The lowest BCUT2D eigenvalue weighted by Crippen LogP contribution is -2.44. The molecule has 0 unspecified atom stereocenters. The Morgan fingerprint density at radius 3 is 2.78 bits per heavy atom. The molecule has 196 valence electrons. The van der Waals surface area contributed by atoms with Crippen molar-refractivity contribution < 1.29 is 34.3 Å². The summed E-state index contributed by atoms with van der Waals surface area (Å²) >= 11 is 0. The summed E-state index contributed by atoms with van der Waals surface area (Å²) in [6.45, 7) is 2.33. The zero-order valence-corrected chi connectivity index (χ0v) is 20.6. The number of methoxy groups -OCH3 is 1. The number of amides is 2. The van der Waals surface area contributed by atoms with Crippen LogP contribution in [0.4, 0.5) is 11.4 Å². The number of benzene rings is 1. The third-order valence-electron chi connectivity index (χ3n) is 6.99. The van der Waals surface area contributed by atoms with Gasteiger partial charge >= 0.3 is 5.97 Å². The van der Waals surface area contributed by atoms with Gasteiger partial charge in [-0.25, -0.2) is 0 Å². The van der Waals surface area contributed by atoms with Crippen LogP contribution in [0.25, 0.3) is 0 Å². The summed E-state index contributed by atoms with van der Waals surface area (Å²) in [5.41, 5.74) is -1.78. The molecule has 0 aromatic heterocycles. The number of unbranched alkanes of at least 4 members (excludes halogenated alkanes) is 1. The van der Waals surface area contributed by atoms with E-state index in [1.54, 1.807) is 24.0 Å². The number of hydrogen-bond acceptors (Lipinski definition) is 8. The summed E-state index contributed by atoms with van der Waals surface area (Å²) in [7, 11) is 1.30. The molecule has 3 rings (SSSR count). The maximum atomic E-state index is 13.5. The van der Waals surface area contributed by atoms with E-state index >= 15 is 0 Å². The van der Waals surface area contributed by atoms with Crippen molar-refractivity contribution in [2.24, 2.45) is 5.92 Å². The van der Waals surface area contributed by atoms with Crippen LogP contribution in [0.15, 0.2) is 30.4 Å². The maximum Gasteiger partial charge on any atom is 0.305 e. The summed E-state index contributed by atoms with van der Waals surface area (Å²) in [5.74, 6) is -1.91. The number of esters is 1. The van der Waals surface area contributed by atoms with Crippen LogP contribution in [-0.4, -0.2) is 70.7 Å². The van der Waals surface area contributed by atoms with E-state index in [0.29, 0.717) is 25.1 Å². The van der Waals surface area contributed by atoms with E-state index in [9.17, 15) is 34.7 Å². The van der Waals surface area contributed by atoms with Crippen LogP contribution in [-0.2, 0) is 24.7 Å². The fourth-order valence-corrected chi connectivity index (χ4v) is 4.90. The van der Waals surface area contributed by atoms with Crippen LogP contribution in [0.3, 0.4) is 0 Å². The Kier molecular flexibility index (Phi) is 8.80. The van der Waals surface area contributed by atoms with Gasteiger partial charge < -0.3 is 24.7 Å². The van der Waals surface area contributed by atoms with Gasteiger partial charge in [0.05, 0.1) is 30.4 Å². The average molecular weight is 504 g/mol. The molecular formula is C25H33N3O8. The fourth-order valence-electron chi connectivity index (χ4n) is 4.90. The number of aliphatic hydroxyl groups is 2. The molecule has 0 spiro atoms. The molecule has 0 radical (unpaired) electrons. The van der Waals surface area contributed by atoms with Gasteiger partial charge in [0.15, 0.2) is 5.60 Å². The van der Waals surface area contributed by atoms with Crippen molar-refractivity contribution in [1.82, 2.24) is 4.90 Å². The summed E-state index contributed by atoms with van der Waals surface area (Å²) in [6.07, 6.45) is 5.91. The third-order valence-corrected chi connectivity index (χ3v) is 6.99. The number of carbonyl (C=O) groups excluding carboxylic acids is 3. The summed E-state index contributed by atoms with van der Waals surface area (Å²) in [6, 6.07) is 3.76. The van der Waals surface area contributed by atoms with E-state index in [1.165, 1.54) is 30.2 Å². The van der Waals surface area contributed by atoms with Crippen molar-refractivity contribution in [2.75, 3.05) is 31.7 Å². The Hall–Kier alpha value is -3.31. The second-order valence-corrected chi connectivity index (χ2v) is 9.20. The molecule has 1 saturated heterocycles. The molecule has 1 aromatic carbocycles. The second-order valence-electron chi connectivity index (χ2n) is 9.20. The molecule has 0 bridgehead atoms. The first kappa shape index (κ1) is 27.3. The van der Waals surface area contributed by atoms with E-state index in [-0.39, 0.29) is 55.2 Å². The van der Waals surface area contributed by atoms with Gasteiger partial charge in [-0.3, -0.25) is 24.5 Å². The molecule has 1 aromatic rings. The molecule has 0 aliphatic carbocycles. The minimum Gasteiger partial charge on any atom is -0.469 e. The van der Waals surface area contributed by atoms with Gasteiger partial charge in [-0.2, -0.15) is 0 Å². The largest absolute Gasteiger partial charge is 0.469 e. The van der Waals surface area contributed by atoms with Crippen molar-refractivity contribution in [3.8, 4) is 0 Å². The predicted octanol–water partition coefficient (Wildman–Crippen LogP) is 2.04. The number of aliphatic hydroxyl groups excluding tert-OH is 1. The van der Waals surface area contributed by atoms with E-state index in [0.717, 1.165) is 12.8 Å². The number of rotatable bonds is 11. The highest BCUT2D eigenvalue weighted by Crippen LogP contribution is 2.46. The normalized spacial score (nSPS) is 22.2. The highest BCUT2D eigenvalue weighted by Gasteiger charge is 2.53. The standard InChI is InChI=1S/C25H33N3O8/c1-17(7-5-9-22(30)26-14-6-8-19(26)16-29)25(33)20-15-18(28(34)35)11-12-21(20)27(24(25)32)13-4-3-10-23(31)36-2/h5,7,11-12,15,17,19,29,33H,3-4,6,8-10,13-14,16H2,1-2H3/b7-5+/t17-,19+,25+/m1/s1. The number of carbonyl (C=O) groups is 3. The van der Waals surface area contributed by atoms with Crippen molar-refractivity contribution >= 4 is 29.2 Å². The molecule has 3 atom stereocenters. The van der Waals surface area contributed by atoms with Gasteiger partial charge in [0.1, 0.15) is 0 Å². The number of anilines is 1. The summed E-state index contributed by atoms with van der Waals surface area (Å²) in [5, 5.41) is 32.5. The van der Waals surface area contributed by atoms with Gasteiger partial charge in [0.25, 0.3) is 11.6 Å². The molecule has 11 heteroatoms. The highest BCUT2D eigenvalue weighted by molar-refractivity contribution is 6.07. The second kappa shape index (κ2) is 11.6. The first-order valence-corrected chi connectivity index (χ1v) is 12.1. The van der Waals surface area contributed by atoms with Crippen molar-refractivity contribution in [2.45, 2.75) is 57.1 Å². The van der Waals surface area contributed by atoms with E-state index in [4.69, 9.17) is 0 Å². The topological polar surface area (TPSA) is 151 Å². The molecule has 2 aliphatic rings. The monoisotopic (exact) mass is 503 g/mol. The van der Waals surface area contributed by atoms with Crippen LogP contribution in [0, 0.1) is 16.0 Å². The Balaban J connectivity index is 1.79. The van der Waals surface area contributed by atoms with E-state index in [2.05, 4.69) is 4.74 Å². The number of nitro groups is 1. The van der Waals surface area contributed by atoms with Gasteiger partial charge in [0, 0.05) is 49.5 Å². The first-order valence-electron chi connectivity index (χ1n) is 12.1. The van der Waals surface area contributed by atoms with E-state index < -0.39 is 22.3 Å². The summed E-state index contributed by atoms with van der Waals surface area (Å²) < 4.78 is 4.63. The van der Waals surface area contributed by atoms with E-state index in [1.807, 2.05) is 0 Å². The lowest BCUT2D eigenvalue weighted by Gasteiger charge is -2.27. The van der Waals surface area contributed by atoms with Gasteiger partial charge in [0.2, 0.25) is 5.91 Å². The summed E-state index contributed by atoms with van der Waals surface area (Å²) in [4.78, 5) is 51.2. The number of nitrogens with zero attached hydrogens (tertiary/aromatic N) is 3. The number of likely N-dealkylation sites (tertiary alicyclic amines) is 1. The number of hydrogen-bond donors (Lipinski definition) is 2. The Bertz CT molecular complexity index is 1040. The highest BCUT2D eigenvalue weighted by atomic mass is 16.6. The molecular weight excluding hydrogens is 470 g/mol. The lowest BCUT2D eigenvalue weighted by molar-refractivity contribution is -0.385. The van der Waals surface area contributed by atoms with Crippen molar-refractivity contribution in [3.63, 3.8) is 0 Å². The number of nitro benzene ring substituents is 1. The van der Waals surface area contributed by atoms with Gasteiger partial charge in [-0.1, -0.05) is 19.1 Å². The van der Waals surface area contributed by atoms with Crippen molar-refractivity contribution in [3.05, 3.63) is 46.0 Å². The van der Waals surface area contributed by atoms with Crippen LogP contribution in [0.2, 0.25) is 0 Å². The lowest BCUT2D eigenvalue weighted by atomic mass is 9.82. The van der Waals surface area contributed by atoms with Crippen LogP contribution < -0.4 is 4.90 Å². The average Bonchev–Trinajstić information content (AvgIpc) is 3.43. The first-order chi connectivity index (χ1) is 17.1. The molecule has 1 fully saturated rings. The van der Waals surface area contributed by atoms with Gasteiger partial charge in [-0.05, 0) is 31.7 Å².